The van der Waals surface area contributed by atoms with Crippen LogP contribution in [0.25, 0.3) is 10.8 Å². The molecule has 1 amide bonds. The van der Waals surface area contributed by atoms with Crippen LogP contribution in [0.5, 0.6) is 0 Å². The molecular weight excluding hydrogens is 368 g/mol. The minimum absolute atomic E-state index is 0.00370. The zero-order valence-electron chi connectivity index (χ0n) is 14.6. The van der Waals surface area contributed by atoms with Crippen LogP contribution in [0.2, 0.25) is 5.02 Å². The number of rotatable bonds is 5. The molecule has 0 saturated heterocycles. The number of aromatic amines is 1. The van der Waals surface area contributed by atoms with Gasteiger partial charge in [0.1, 0.15) is 5.69 Å². The molecule has 1 N–H and O–H groups in total. The Morgan fingerprint density at radius 2 is 1.89 bits per heavy atom. The summed E-state index contributed by atoms with van der Waals surface area (Å²) in [6, 6.07) is 15.6. The second kappa shape index (κ2) is 8.05. The molecule has 0 aliphatic heterocycles. The summed E-state index contributed by atoms with van der Waals surface area (Å²) in [6.07, 6.45) is 0. The van der Waals surface area contributed by atoms with Crippen molar-refractivity contribution in [3.05, 3.63) is 81.2 Å². The minimum Gasteiger partial charge on any atom is -0.451 e. The number of carbonyl (C=O) groups excluding carboxylic acids is 2. The second-order valence-corrected chi connectivity index (χ2v) is 6.49. The van der Waals surface area contributed by atoms with Crippen LogP contribution >= 0.6 is 11.6 Å². The number of nitrogens with zero attached hydrogens (tertiary/aromatic N) is 1. The van der Waals surface area contributed by atoms with E-state index in [-0.39, 0.29) is 17.2 Å². The number of benzene rings is 2. The lowest BCUT2D eigenvalue weighted by Crippen LogP contribution is -2.31. The molecule has 0 radical (unpaired) electrons. The topological polar surface area (TPSA) is 79.5 Å². The minimum atomic E-state index is -0.762. The molecule has 0 aliphatic carbocycles. The molecule has 2 aromatic carbocycles. The van der Waals surface area contributed by atoms with E-state index < -0.39 is 12.6 Å². The third-order valence-electron chi connectivity index (χ3n) is 4.03. The smallest absolute Gasteiger partial charge is 0.355 e. The molecule has 0 bridgehead atoms. The number of aromatic nitrogens is 1. The van der Waals surface area contributed by atoms with Gasteiger partial charge in [0, 0.05) is 24.0 Å². The summed E-state index contributed by atoms with van der Waals surface area (Å²) in [4.78, 5) is 40.3. The average molecular weight is 385 g/mol. The molecule has 1 aromatic heterocycles. The van der Waals surface area contributed by atoms with Crippen LogP contribution < -0.4 is 5.56 Å². The molecule has 7 heteroatoms. The predicted octanol–water partition coefficient (Wildman–Crippen LogP) is 3.00. The van der Waals surface area contributed by atoms with Crippen molar-refractivity contribution in [2.24, 2.45) is 0 Å². The molecule has 3 aromatic rings. The Kier molecular flexibility index (Phi) is 5.57. The van der Waals surface area contributed by atoms with Gasteiger partial charge in [-0.25, -0.2) is 4.79 Å². The number of pyridine rings is 1. The van der Waals surface area contributed by atoms with Crippen LogP contribution in [-0.4, -0.2) is 35.4 Å². The van der Waals surface area contributed by atoms with Crippen molar-refractivity contribution in [2.45, 2.75) is 6.54 Å². The van der Waals surface area contributed by atoms with E-state index in [1.165, 1.54) is 11.0 Å². The molecule has 138 valence electrons. The average Bonchev–Trinajstić information content (AvgIpc) is 2.65. The van der Waals surface area contributed by atoms with E-state index in [4.69, 9.17) is 16.3 Å². The first kappa shape index (κ1) is 18.7. The van der Waals surface area contributed by atoms with Crippen LogP contribution in [0, 0.1) is 0 Å². The number of carbonyl (C=O) groups is 2. The van der Waals surface area contributed by atoms with Crippen molar-refractivity contribution >= 4 is 34.2 Å². The highest BCUT2D eigenvalue weighted by Crippen LogP contribution is 2.13. The van der Waals surface area contributed by atoms with E-state index in [0.717, 1.165) is 5.56 Å². The van der Waals surface area contributed by atoms with Gasteiger partial charge in [-0.2, -0.15) is 0 Å². The number of amides is 1. The number of halogens is 1. The highest BCUT2D eigenvalue weighted by Gasteiger charge is 2.15. The lowest BCUT2D eigenvalue weighted by atomic mass is 10.1. The Morgan fingerprint density at radius 3 is 2.67 bits per heavy atom. The number of H-pyrrole nitrogens is 1. The van der Waals surface area contributed by atoms with Gasteiger partial charge in [0.2, 0.25) is 0 Å². The van der Waals surface area contributed by atoms with Gasteiger partial charge in [0.15, 0.2) is 6.61 Å². The van der Waals surface area contributed by atoms with Crippen LogP contribution in [-0.2, 0) is 16.1 Å². The van der Waals surface area contributed by atoms with Crippen molar-refractivity contribution in [3.63, 3.8) is 0 Å². The van der Waals surface area contributed by atoms with Gasteiger partial charge in [0.25, 0.3) is 11.5 Å². The van der Waals surface area contributed by atoms with Crippen molar-refractivity contribution in [3.8, 4) is 0 Å². The normalized spacial score (nSPS) is 10.6. The maximum atomic E-state index is 12.2. The number of nitrogens with one attached hydrogen (secondary N) is 1. The van der Waals surface area contributed by atoms with Gasteiger partial charge in [0.05, 0.1) is 0 Å². The summed E-state index contributed by atoms with van der Waals surface area (Å²) < 4.78 is 5.05. The number of hydrogen-bond donors (Lipinski definition) is 1. The molecule has 0 atom stereocenters. The molecule has 0 spiro atoms. The van der Waals surface area contributed by atoms with Gasteiger partial charge in [-0.15, -0.1) is 0 Å². The Morgan fingerprint density at radius 1 is 1.11 bits per heavy atom. The van der Waals surface area contributed by atoms with Gasteiger partial charge < -0.3 is 14.6 Å². The monoisotopic (exact) mass is 384 g/mol. The first-order valence-corrected chi connectivity index (χ1v) is 8.59. The highest BCUT2D eigenvalue weighted by molar-refractivity contribution is 6.30. The van der Waals surface area contributed by atoms with E-state index in [1.807, 2.05) is 6.07 Å². The molecule has 1 heterocycles. The first-order chi connectivity index (χ1) is 12.9. The van der Waals surface area contributed by atoms with E-state index in [2.05, 4.69) is 4.98 Å². The second-order valence-electron chi connectivity index (χ2n) is 6.06. The Labute approximate surface area is 160 Å². The first-order valence-electron chi connectivity index (χ1n) is 8.21. The lowest BCUT2D eigenvalue weighted by Gasteiger charge is -2.17. The van der Waals surface area contributed by atoms with Crippen LogP contribution in [0.1, 0.15) is 16.1 Å². The van der Waals surface area contributed by atoms with Crippen molar-refractivity contribution in [2.75, 3.05) is 13.7 Å². The quantitative estimate of drug-likeness (QED) is 0.686. The number of hydrogen-bond acceptors (Lipinski definition) is 4. The maximum absolute atomic E-state index is 12.2. The van der Waals surface area contributed by atoms with E-state index in [9.17, 15) is 14.4 Å². The van der Waals surface area contributed by atoms with E-state index in [1.54, 1.807) is 49.5 Å². The predicted molar refractivity (Wildman–Crippen MR) is 103 cm³/mol. The molecule has 6 nitrogen and oxygen atoms in total. The summed E-state index contributed by atoms with van der Waals surface area (Å²) >= 11 is 5.93. The Bertz CT molecular complexity index is 1060. The molecule has 0 saturated carbocycles. The molecular formula is C20H17ClN2O4. The lowest BCUT2D eigenvalue weighted by molar-refractivity contribution is -0.133. The number of ether oxygens (including phenoxy) is 1. The highest BCUT2D eigenvalue weighted by atomic mass is 35.5. The molecule has 0 aliphatic rings. The summed E-state index contributed by atoms with van der Waals surface area (Å²) in [5.41, 5.74) is 0.483. The summed E-state index contributed by atoms with van der Waals surface area (Å²) in [6.45, 7) is -0.0888. The van der Waals surface area contributed by atoms with Crippen molar-refractivity contribution in [1.29, 1.82) is 0 Å². The molecule has 27 heavy (non-hydrogen) atoms. The summed E-state index contributed by atoms with van der Waals surface area (Å²) in [5.74, 6) is -1.13. The molecule has 0 unspecified atom stereocenters. The zero-order valence-corrected chi connectivity index (χ0v) is 15.3. The number of esters is 1. The molecule has 3 rings (SSSR count). The van der Waals surface area contributed by atoms with Gasteiger partial charge in [-0.3, -0.25) is 9.59 Å². The Hall–Kier alpha value is -3.12. The van der Waals surface area contributed by atoms with E-state index >= 15 is 0 Å². The van der Waals surface area contributed by atoms with Crippen LogP contribution in [0.3, 0.4) is 0 Å². The Balaban J connectivity index is 1.63. The number of fused-ring (bicyclic) bond motifs is 1. The van der Waals surface area contributed by atoms with Gasteiger partial charge in [-0.1, -0.05) is 41.9 Å². The largest absolute Gasteiger partial charge is 0.451 e. The van der Waals surface area contributed by atoms with Crippen LogP contribution in [0.4, 0.5) is 0 Å². The summed E-state index contributed by atoms with van der Waals surface area (Å²) in [5, 5.41) is 1.68. The fourth-order valence-corrected chi connectivity index (χ4v) is 2.85. The van der Waals surface area contributed by atoms with E-state index in [0.29, 0.717) is 22.3 Å². The number of likely N-dealkylation sites (N-methyl/N-ethyl adjacent to an activating group) is 1. The van der Waals surface area contributed by atoms with Crippen molar-refractivity contribution in [1.82, 2.24) is 9.88 Å². The van der Waals surface area contributed by atoms with Gasteiger partial charge >= 0.3 is 5.97 Å². The third-order valence-corrected chi connectivity index (χ3v) is 4.27. The van der Waals surface area contributed by atoms with Crippen LogP contribution in [0.15, 0.2) is 59.4 Å². The van der Waals surface area contributed by atoms with Crippen molar-refractivity contribution < 1.29 is 14.3 Å². The standard InChI is InChI=1S/C20H17ClN2O4/c1-23(11-13-5-4-7-15(21)9-13)18(24)12-27-20(26)17-10-14-6-2-3-8-16(14)19(25)22-17/h2-10H,11-12H2,1H3,(H,22,25). The third kappa shape index (κ3) is 4.54. The maximum Gasteiger partial charge on any atom is 0.355 e. The SMILES string of the molecule is CN(Cc1cccc(Cl)c1)C(=O)COC(=O)c1cc2ccccc2c(=O)[nH]1. The fourth-order valence-electron chi connectivity index (χ4n) is 2.63. The summed E-state index contributed by atoms with van der Waals surface area (Å²) in [7, 11) is 1.61. The zero-order chi connectivity index (χ0) is 19.4. The molecule has 0 fully saturated rings. The van der Waals surface area contributed by atoms with Gasteiger partial charge in [-0.05, 0) is 35.2 Å². The fraction of sp³-hybridized carbons (Fsp3) is 0.150.